The van der Waals surface area contributed by atoms with Crippen molar-refractivity contribution < 1.29 is 4.79 Å². The molecule has 1 atom stereocenters. The highest BCUT2D eigenvalue weighted by atomic mass is 35.5. The number of amides is 1. The van der Waals surface area contributed by atoms with Gasteiger partial charge in [-0.1, -0.05) is 18.2 Å². The van der Waals surface area contributed by atoms with E-state index in [2.05, 4.69) is 15.7 Å². The van der Waals surface area contributed by atoms with E-state index in [-0.39, 0.29) is 18.3 Å². The summed E-state index contributed by atoms with van der Waals surface area (Å²) in [5, 5.41) is 12.2. The van der Waals surface area contributed by atoms with Crippen molar-refractivity contribution in [3.05, 3.63) is 47.0 Å². The summed E-state index contributed by atoms with van der Waals surface area (Å²) in [6, 6.07) is 12.0. The Balaban J connectivity index is 0.00000210. The maximum atomic E-state index is 12.6. The van der Waals surface area contributed by atoms with Gasteiger partial charge < -0.3 is 10.6 Å². The molecule has 1 unspecified atom stereocenters. The number of benzene rings is 1. The fourth-order valence-corrected chi connectivity index (χ4v) is 4.65. The third-order valence-electron chi connectivity index (χ3n) is 5.01. The number of halogens is 1. The molecular weight excluding hydrogens is 380 g/mol. The predicted molar refractivity (Wildman–Crippen MR) is 113 cm³/mol. The Morgan fingerprint density at radius 2 is 2.19 bits per heavy atom. The molecule has 0 radical (unpaired) electrons. The second-order valence-corrected chi connectivity index (χ2v) is 7.95. The molecule has 3 aromatic rings. The number of fused-ring (bicyclic) bond motifs is 1. The smallest absolute Gasteiger partial charge is 0.261 e. The summed E-state index contributed by atoms with van der Waals surface area (Å²) in [7, 11) is 0. The summed E-state index contributed by atoms with van der Waals surface area (Å²) in [5.74, 6) is 0.703. The molecule has 2 N–H and O–H groups in total. The van der Waals surface area contributed by atoms with E-state index in [1.807, 2.05) is 48.0 Å². The number of para-hydroxylation sites is 1. The van der Waals surface area contributed by atoms with Gasteiger partial charge in [0, 0.05) is 11.9 Å². The van der Waals surface area contributed by atoms with Crippen molar-refractivity contribution in [2.45, 2.75) is 26.2 Å². The van der Waals surface area contributed by atoms with Crippen LogP contribution in [-0.2, 0) is 0 Å². The third kappa shape index (κ3) is 4.34. The van der Waals surface area contributed by atoms with E-state index in [0.29, 0.717) is 5.92 Å². The summed E-state index contributed by atoms with van der Waals surface area (Å²) in [4.78, 5) is 14.3. The van der Waals surface area contributed by atoms with Crippen LogP contribution in [-0.4, -0.2) is 35.3 Å². The molecule has 0 spiro atoms. The van der Waals surface area contributed by atoms with Crippen molar-refractivity contribution in [1.29, 1.82) is 0 Å². The standard InChI is InChI=1S/C20H24N4OS.ClH/c1-14-17-12-18(19(25)22-11-9-15-6-5-10-21-13-15)26-20(17)24(23-14)16-7-3-2-4-8-16;/h2-4,7-8,12,15,21H,5-6,9-11,13H2,1H3,(H,22,25);1H. The highest BCUT2D eigenvalue weighted by Gasteiger charge is 2.18. The van der Waals surface area contributed by atoms with Crippen molar-refractivity contribution in [3.63, 3.8) is 0 Å². The van der Waals surface area contributed by atoms with Crippen LogP contribution in [0, 0.1) is 12.8 Å². The number of hydrogen-bond donors (Lipinski definition) is 2. The van der Waals surface area contributed by atoms with Crippen LogP contribution in [0.25, 0.3) is 15.9 Å². The van der Waals surface area contributed by atoms with Gasteiger partial charge in [-0.25, -0.2) is 4.68 Å². The average molecular weight is 405 g/mol. The van der Waals surface area contributed by atoms with E-state index >= 15 is 0 Å². The number of aryl methyl sites for hydroxylation is 1. The minimum atomic E-state index is 0. The quantitative estimate of drug-likeness (QED) is 0.677. The zero-order valence-electron chi connectivity index (χ0n) is 15.4. The molecule has 4 rings (SSSR count). The zero-order valence-corrected chi connectivity index (χ0v) is 17.0. The van der Waals surface area contributed by atoms with Crippen LogP contribution in [0.5, 0.6) is 0 Å². The molecule has 144 valence electrons. The number of nitrogens with one attached hydrogen (secondary N) is 2. The predicted octanol–water partition coefficient (Wildman–Crippen LogP) is 3.94. The van der Waals surface area contributed by atoms with Gasteiger partial charge in [0.15, 0.2) is 0 Å². The molecule has 3 heterocycles. The Kier molecular flexibility index (Phi) is 6.52. The number of rotatable bonds is 5. The molecule has 1 aliphatic rings. The lowest BCUT2D eigenvalue weighted by molar-refractivity contribution is 0.0955. The molecule has 1 saturated heterocycles. The van der Waals surface area contributed by atoms with E-state index in [0.717, 1.165) is 52.5 Å². The molecule has 7 heteroatoms. The molecule has 1 aliphatic heterocycles. The van der Waals surface area contributed by atoms with Gasteiger partial charge in [0.25, 0.3) is 5.91 Å². The lowest BCUT2D eigenvalue weighted by Crippen LogP contribution is -2.33. The van der Waals surface area contributed by atoms with Gasteiger partial charge in [0.1, 0.15) is 4.83 Å². The van der Waals surface area contributed by atoms with E-state index in [9.17, 15) is 4.79 Å². The minimum Gasteiger partial charge on any atom is -0.351 e. The Morgan fingerprint density at radius 1 is 1.37 bits per heavy atom. The minimum absolute atomic E-state index is 0. The summed E-state index contributed by atoms with van der Waals surface area (Å²) >= 11 is 1.51. The Labute approximate surface area is 169 Å². The lowest BCUT2D eigenvalue weighted by Gasteiger charge is -2.22. The van der Waals surface area contributed by atoms with Crippen LogP contribution in [0.4, 0.5) is 0 Å². The van der Waals surface area contributed by atoms with Crippen molar-refractivity contribution in [1.82, 2.24) is 20.4 Å². The molecule has 1 aromatic carbocycles. The van der Waals surface area contributed by atoms with Gasteiger partial charge in [-0.2, -0.15) is 5.10 Å². The van der Waals surface area contributed by atoms with Gasteiger partial charge in [-0.3, -0.25) is 4.79 Å². The Morgan fingerprint density at radius 3 is 2.93 bits per heavy atom. The topological polar surface area (TPSA) is 59.0 Å². The van der Waals surface area contributed by atoms with Crippen LogP contribution in [0.15, 0.2) is 36.4 Å². The second kappa shape index (κ2) is 8.87. The van der Waals surface area contributed by atoms with E-state index in [4.69, 9.17) is 0 Å². The summed E-state index contributed by atoms with van der Waals surface area (Å²) in [5.41, 5.74) is 1.97. The first kappa shape index (κ1) is 19.9. The largest absolute Gasteiger partial charge is 0.351 e. The molecular formula is C20H25ClN4OS. The first-order valence-electron chi connectivity index (χ1n) is 9.26. The number of nitrogens with zero attached hydrogens (tertiary/aromatic N) is 2. The Hall–Kier alpha value is -1.89. The van der Waals surface area contributed by atoms with Gasteiger partial charge >= 0.3 is 0 Å². The first-order chi connectivity index (χ1) is 12.7. The summed E-state index contributed by atoms with van der Waals surface area (Å²) in [6.07, 6.45) is 3.54. The molecule has 27 heavy (non-hydrogen) atoms. The molecule has 1 amide bonds. The maximum absolute atomic E-state index is 12.6. The van der Waals surface area contributed by atoms with E-state index < -0.39 is 0 Å². The molecule has 0 aliphatic carbocycles. The lowest BCUT2D eigenvalue weighted by atomic mass is 9.96. The SMILES string of the molecule is Cc1nn(-c2ccccc2)c2sc(C(=O)NCCC3CCCNC3)cc12.Cl. The van der Waals surface area contributed by atoms with Crippen LogP contribution in [0.2, 0.25) is 0 Å². The van der Waals surface area contributed by atoms with Crippen LogP contribution in [0.1, 0.15) is 34.6 Å². The number of aromatic nitrogens is 2. The monoisotopic (exact) mass is 404 g/mol. The highest BCUT2D eigenvalue weighted by Crippen LogP contribution is 2.30. The number of thiophene rings is 1. The fourth-order valence-electron chi connectivity index (χ4n) is 3.55. The van der Waals surface area contributed by atoms with Crippen molar-refractivity contribution in [2.75, 3.05) is 19.6 Å². The average Bonchev–Trinajstić information content (AvgIpc) is 3.24. The number of carbonyl (C=O) groups excluding carboxylic acids is 1. The van der Waals surface area contributed by atoms with Gasteiger partial charge in [-0.15, -0.1) is 23.7 Å². The highest BCUT2D eigenvalue weighted by molar-refractivity contribution is 7.20. The van der Waals surface area contributed by atoms with Crippen LogP contribution >= 0.6 is 23.7 Å². The number of hydrogen-bond acceptors (Lipinski definition) is 4. The molecule has 2 aromatic heterocycles. The van der Waals surface area contributed by atoms with Gasteiger partial charge in [0.05, 0.1) is 16.3 Å². The summed E-state index contributed by atoms with van der Waals surface area (Å²) in [6.45, 7) is 4.93. The molecule has 0 bridgehead atoms. The summed E-state index contributed by atoms with van der Waals surface area (Å²) < 4.78 is 1.93. The van der Waals surface area contributed by atoms with Crippen LogP contribution < -0.4 is 10.6 Å². The zero-order chi connectivity index (χ0) is 17.9. The van der Waals surface area contributed by atoms with E-state index in [1.54, 1.807) is 0 Å². The Bertz CT molecular complexity index is 899. The maximum Gasteiger partial charge on any atom is 0.261 e. The molecule has 1 fully saturated rings. The number of carbonyl (C=O) groups is 1. The van der Waals surface area contributed by atoms with Crippen LogP contribution in [0.3, 0.4) is 0 Å². The van der Waals surface area contributed by atoms with Gasteiger partial charge in [-0.05, 0) is 63.4 Å². The fraction of sp³-hybridized carbons (Fsp3) is 0.400. The molecule has 5 nitrogen and oxygen atoms in total. The second-order valence-electron chi connectivity index (χ2n) is 6.92. The molecule has 0 saturated carbocycles. The third-order valence-corrected chi connectivity index (χ3v) is 6.12. The van der Waals surface area contributed by atoms with Crippen molar-refractivity contribution in [2.24, 2.45) is 5.92 Å². The van der Waals surface area contributed by atoms with Gasteiger partial charge in [0.2, 0.25) is 0 Å². The van der Waals surface area contributed by atoms with E-state index in [1.165, 1.54) is 24.2 Å². The normalized spacial score (nSPS) is 16.9. The van der Waals surface area contributed by atoms with Crippen molar-refractivity contribution in [3.8, 4) is 5.69 Å². The first-order valence-corrected chi connectivity index (χ1v) is 10.1. The number of piperidine rings is 1. The van der Waals surface area contributed by atoms with Crippen molar-refractivity contribution >= 4 is 39.9 Å².